The smallest absolute Gasteiger partial charge is 0.251 e. The topological polar surface area (TPSA) is 55.1 Å². The third-order valence-electron chi connectivity index (χ3n) is 3.06. The van der Waals surface area contributed by atoms with Gasteiger partial charge in [0.2, 0.25) is 0 Å². The van der Waals surface area contributed by atoms with E-state index in [1.54, 1.807) is 0 Å². The number of nitrogens with two attached hydrogens (primary N) is 1. The highest BCUT2D eigenvalue weighted by atomic mass is 16.1. The maximum Gasteiger partial charge on any atom is 0.251 e. The van der Waals surface area contributed by atoms with Crippen LogP contribution in [0.1, 0.15) is 28.4 Å². The normalized spacial score (nSPS) is 10.2. The number of anilines is 1. The summed E-state index contributed by atoms with van der Waals surface area (Å²) in [5.74, 6) is -0.0560. The molecule has 98 valence electrons. The Balaban J connectivity index is 1.95. The van der Waals surface area contributed by atoms with Gasteiger partial charge in [0.25, 0.3) is 5.91 Å². The summed E-state index contributed by atoms with van der Waals surface area (Å²) in [4.78, 5) is 11.9. The Morgan fingerprint density at radius 2 is 1.58 bits per heavy atom. The van der Waals surface area contributed by atoms with Crippen molar-refractivity contribution in [2.75, 3.05) is 5.73 Å². The third-order valence-corrected chi connectivity index (χ3v) is 3.06. The van der Waals surface area contributed by atoms with Gasteiger partial charge in [-0.2, -0.15) is 0 Å². The molecule has 0 atom stereocenters. The zero-order valence-corrected chi connectivity index (χ0v) is 11.0. The lowest BCUT2D eigenvalue weighted by atomic mass is 10.1. The van der Waals surface area contributed by atoms with Gasteiger partial charge in [0.05, 0.1) is 0 Å². The monoisotopic (exact) mass is 254 g/mol. The minimum Gasteiger partial charge on any atom is -0.399 e. The molecule has 3 N–H and O–H groups in total. The predicted molar refractivity (Wildman–Crippen MR) is 77.8 cm³/mol. The molecule has 1 amide bonds. The van der Waals surface area contributed by atoms with Gasteiger partial charge in [0.15, 0.2) is 0 Å². The van der Waals surface area contributed by atoms with E-state index in [0.717, 1.165) is 17.7 Å². The molecule has 0 unspecified atom stereocenters. The van der Waals surface area contributed by atoms with Crippen molar-refractivity contribution in [2.45, 2.75) is 19.9 Å². The van der Waals surface area contributed by atoms with Crippen LogP contribution < -0.4 is 11.1 Å². The number of carbonyl (C=O) groups excluding carboxylic acids is 1. The van der Waals surface area contributed by atoms with E-state index >= 15 is 0 Å². The molecule has 3 nitrogen and oxygen atoms in total. The Bertz CT molecular complexity index is 544. The number of rotatable bonds is 4. The van der Waals surface area contributed by atoms with Crippen LogP contribution in [-0.4, -0.2) is 5.91 Å². The van der Waals surface area contributed by atoms with Crippen LogP contribution in [-0.2, 0) is 13.0 Å². The molecule has 0 aliphatic heterocycles. The first-order valence-corrected chi connectivity index (χ1v) is 6.40. The fraction of sp³-hybridized carbons (Fsp3) is 0.188. The molecule has 19 heavy (non-hydrogen) atoms. The average Bonchev–Trinajstić information content (AvgIpc) is 2.46. The van der Waals surface area contributed by atoms with Crippen LogP contribution in [0.2, 0.25) is 0 Å². The maximum atomic E-state index is 11.9. The van der Waals surface area contributed by atoms with Gasteiger partial charge in [0.1, 0.15) is 0 Å². The fourth-order valence-electron chi connectivity index (χ4n) is 1.81. The molecule has 2 rings (SSSR count). The molecule has 0 spiro atoms. The summed E-state index contributed by atoms with van der Waals surface area (Å²) < 4.78 is 0. The standard InChI is InChI=1S/C16H18N2O/c1-2-12-3-7-14(8-4-12)16(19)18-11-13-5-9-15(17)10-6-13/h3-10H,2,11,17H2,1H3,(H,18,19). The van der Waals surface area contributed by atoms with Crippen molar-refractivity contribution in [2.24, 2.45) is 0 Å². The van der Waals surface area contributed by atoms with Crippen molar-refractivity contribution in [1.82, 2.24) is 5.32 Å². The molecule has 0 saturated carbocycles. The van der Waals surface area contributed by atoms with Crippen molar-refractivity contribution in [1.29, 1.82) is 0 Å². The van der Waals surface area contributed by atoms with E-state index in [2.05, 4.69) is 12.2 Å². The van der Waals surface area contributed by atoms with E-state index < -0.39 is 0 Å². The Kier molecular flexibility index (Phi) is 4.18. The summed E-state index contributed by atoms with van der Waals surface area (Å²) in [5, 5.41) is 2.89. The molecule has 0 aromatic heterocycles. The largest absolute Gasteiger partial charge is 0.399 e. The summed E-state index contributed by atoms with van der Waals surface area (Å²) in [6.07, 6.45) is 0.980. The van der Waals surface area contributed by atoms with Gasteiger partial charge in [-0.3, -0.25) is 4.79 Å². The summed E-state index contributed by atoms with van der Waals surface area (Å²) in [5.41, 5.74) is 9.29. The number of hydrogen-bond acceptors (Lipinski definition) is 2. The number of nitrogens with one attached hydrogen (secondary N) is 1. The molecule has 0 aliphatic rings. The lowest BCUT2D eigenvalue weighted by Crippen LogP contribution is -2.22. The van der Waals surface area contributed by atoms with Crippen molar-refractivity contribution < 1.29 is 4.79 Å². The van der Waals surface area contributed by atoms with Crippen molar-refractivity contribution >= 4 is 11.6 Å². The van der Waals surface area contributed by atoms with E-state index in [-0.39, 0.29) is 5.91 Å². The Labute approximate surface area is 113 Å². The van der Waals surface area contributed by atoms with Crippen LogP contribution in [0.15, 0.2) is 48.5 Å². The van der Waals surface area contributed by atoms with Crippen LogP contribution in [0.4, 0.5) is 5.69 Å². The number of amides is 1. The van der Waals surface area contributed by atoms with Gasteiger partial charge >= 0.3 is 0 Å². The Morgan fingerprint density at radius 3 is 2.16 bits per heavy atom. The highest BCUT2D eigenvalue weighted by Gasteiger charge is 2.04. The van der Waals surface area contributed by atoms with Gasteiger partial charge in [-0.05, 0) is 41.8 Å². The molecule has 0 fully saturated rings. The average molecular weight is 254 g/mol. The molecule has 2 aromatic rings. The van der Waals surface area contributed by atoms with Crippen LogP contribution in [0, 0.1) is 0 Å². The first-order chi connectivity index (χ1) is 9.19. The molecule has 2 aromatic carbocycles. The van der Waals surface area contributed by atoms with Crippen LogP contribution in [0.5, 0.6) is 0 Å². The number of benzene rings is 2. The second kappa shape index (κ2) is 6.05. The number of hydrogen-bond donors (Lipinski definition) is 2. The van der Waals surface area contributed by atoms with Crippen LogP contribution in [0.25, 0.3) is 0 Å². The van der Waals surface area contributed by atoms with Gasteiger partial charge in [-0.25, -0.2) is 0 Å². The first kappa shape index (κ1) is 13.1. The van der Waals surface area contributed by atoms with Gasteiger partial charge in [0, 0.05) is 17.8 Å². The predicted octanol–water partition coefficient (Wildman–Crippen LogP) is 2.76. The zero-order valence-electron chi connectivity index (χ0n) is 11.0. The first-order valence-electron chi connectivity index (χ1n) is 6.40. The lowest BCUT2D eigenvalue weighted by Gasteiger charge is -2.06. The van der Waals surface area contributed by atoms with Gasteiger partial charge in [-0.15, -0.1) is 0 Å². The summed E-state index contributed by atoms with van der Waals surface area (Å²) in [6.45, 7) is 2.60. The number of carbonyl (C=O) groups is 1. The van der Waals surface area contributed by atoms with Gasteiger partial charge in [-0.1, -0.05) is 31.2 Å². The lowest BCUT2D eigenvalue weighted by molar-refractivity contribution is 0.0951. The molecule has 3 heteroatoms. The summed E-state index contributed by atoms with van der Waals surface area (Å²) in [7, 11) is 0. The minimum absolute atomic E-state index is 0.0560. The second-order valence-corrected chi connectivity index (χ2v) is 4.47. The van der Waals surface area contributed by atoms with Crippen molar-refractivity contribution in [3.05, 3.63) is 65.2 Å². The van der Waals surface area contributed by atoms with E-state index in [9.17, 15) is 4.79 Å². The molecule has 0 radical (unpaired) electrons. The zero-order chi connectivity index (χ0) is 13.7. The second-order valence-electron chi connectivity index (χ2n) is 4.47. The molecular formula is C16H18N2O. The third kappa shape index (κ3) is 3.58. The Morgan fingerprint density at radius 1 is 1.00 bits per heavy atom. The summed E-state index contributed by atoms with van der Waals surface area (Å²) >= 11 is 0. The summed E-state index contributed by atoms with van der Waals surface area (Å²) in [6, 6.07) is 15.2. The van der Waals surface area contributed by atoms with E-state index in [4.69, 9.17) is 5.73 Å². The van der Waals surface area contributed by atoms with E-state index in [1.165, 1.54) is 5.56 Å². The minimum atomic E-state index is -0.0560. The molecule has 0 saturated heterocycles. The quantitative estimate of drug-likeness (QED) is 0.824. The van der Waals surface area contributed by atoms with Crippen LogP contribution in [0.3, 0.4) is 0 Å². The number of nitrogen functional groups attached to an aromatic ring is 1. The SMILES string of the molecule is CCc1ccc(C(=O)NCc2ccc(N)cc2)cc1. The highest BCUT2D eigenvalue weighted by Crippen LogP contribution is 2.07. The van der Waals surface area contributed by atoms with Crippen molar-refractivity contribution in [3.8, 4) is 0 Å². The van der Waals surface area contributed by atoms with Crippen molar-refractivity contribution in [3.63, 3.8) is 0 Å². The van der Waals surface area contributed by atoms with E-state index in [1.807, 2.05) is 48.5 Å². The molecule has 0 bridgehead atoms. The number of aryl methyl sites for hydroxylation is 1. The molecule has 0 aliphatic carbocycles. The van der Waals surface area contributed by atoms with Gasteiger partial charge < -0.3 is 11.1 Å². The highest BCUT2D eigenvalue weighted by molar-refractivity contribution is 5.94. The fourth-order valence-corrected chi connectivity index (χ4v) is 1.81. The maximum absolute atomic E-state index is 11.9. The molecule has 0 heterocycles. The van der Waals surface area contributed by atoms with E-state index in [0.29, 0.717) is 12.1 Å². The van der Waals surface area contributed by atoms with Crippen LogP contribution >= 0.6 is 0 Å². The Hall–Kier alpha value is -2.29. The molecular weight excluding hydrogens is 236 g/mol.